The highest BCUT2D eigenvalue weighted by molar-refractivity contribution is 6.35. The molecule has 0 unspecified atom stereocenters. The fraction of sp³-hybridized carbons (Fsp3) is 0.500. The van der Waals surface area contributed by atoms with Gasteiger partial charge in [0.1, 0.15) is 0 Å². The van der Waals surface area contributed by atoms with E-state index >= 15 is 0 Å². The largest absolute Gasteiger partial charge is 0.490 e. The Morgan fingerprint density at radius 1 is 1.23 bits per heavy atom. The number of nitrogens with one attached hydrogen (secondary N) is 2. The zero-order valence-electron chi connectivity index (χ0n) is 15.1. The third kappa shape index (κ3) is 6.03. The summed E-state index contributed by atoms with van der Waals surface area (Å²) >= 11 is 0. The summed E-state index contributed by atoms with van der Waals surface area (Å²) in [6, 6.07) is 5.30. The van der Waals surface area contributed by atoms with Crippen molar-refractivity contribution in [1.82, 2.24) is 10.7 Å². The van der Waals surface area contributed by atoms with Gasteiger partial charge in [-0.25, -0.2) is 5.43 Å². The van der Waals surface area contributed by atoms with Crippen LogP contribution in [-0.2, 0) is 14.3 Å². The molecule has 0 aliphatic carbocycles. The number of benzene rings is 1. The summed E-state index contributed by atoms with van der Waals surface area (Å²) in [5.41, 5.74) is 2.91. The Bertz CT molecular complexity index is 642. The van der Waals surface area contributed by atoms with Crippen LogP contribution in [-0.4, -0.2) is 50.5 Å². The summed E-state index contributed by atoms with van der Waals surface area (Å²) in [4.78, 5) is 23.4. The summed E-state index contributed by atoms with van der Waals surface area (Å²) in [5, 5.41) is 6.34. The van der Waals surface area contributed by atoms with Crippen molar-refractivity contribution in [3.8, 4) is 11.5 Å². The van der Waals surface area contributed by atoms with Gasteiger partial charge in [0, 0.05) is 13.2 Å². The van der Waals surface area contributed by atoms with E-state index in [1.54, 1.807) is 18.2 Å². The molecule has 0 bridgehead atoms. The van der Waals surface area contributed by atoms with Crippen molar-refractivity contribution in [2.75, 3.05) is 26.4 Å². The molecule has 2 N–H and O–H groups in total. The summed E-state index contributed by atoms with van der Waals surface area (Å²) in [6.07, 6.45) is 3.28. The molecule has 1 saturated heterocycles. The van der Waals surface area contributed by atoms with E-state index < -0.39 is 11.8 Å². The molecule has 2 amide bonds. The lowest BCUT2D eigenvalue weighted by atomic mass is 10.2. The van der Waals surface area contributed by atoms with Crippen molar-refractivity contribution < 1.29 is 23.8 Å². The first-order chi connectivity index (χ1) is 12.6. The highest BCUT2D eigenvalue weighted by Gasteiger charge is 2.18. The second kappa shape index (κ2) is 10.4. The summed E-state index contributed by atoms with van der Waals surface area (Å²) in [6.45, 7) is 5.83. The number of hydrogen-bond acceptors (Lipinski definition) is 6. The van der Waals surface area contributed by atoms with Gasteiger partial charge in [0.2, 0.25) is 0 Å². The molecule has 0 spiro atoms. The molecule has 1 aliphatic heterocycles. The van der Waals surface area contributed by atoms with Gasteiger partial charge in [0.15, 0.2) is 11.5 Å². The van der Waals surface area contributed by atoms with E-state index in [2.05, 4.69) is 15.8 Å². The topological polar surface area (TPSA) is 98.2 Å². The first-order valence-electron chi connectivity index (χ1n) is 8.76. The van der Waals surface area contributed by atoms with Crippen LogP contribution in [0.4, 0.5) is 0 Å². The third-order valence-corrected chi connectivity index (χ3v) is 3.67. The molecule has 26 heavy (non-hydrogen) atoms. The van der Waals surface area contributed by atoms with Crippen LogP contribution in [0.15, 0.2) is 23.3 Å². The Morgan fingerprint density at radius 2 is 2.00 bits per heavy atom. The van der Waals surface area contributed by atoms with Crippen molar-refractivity contribution in [2.24, 2.45) is 5.10 Å². The summed E-state index contributed by atoms with van der Waals surface area (Å²) in [7, 11) is 0. The molecule has 1 atom stereocenters. The van der Waals surface area contributed by atoms with Crippen LogP contribution < -0.4 is 20.2 Å². The maximum Gasteiger partial charge on any atom is 0.329 e. The number of hydrazone groups is 1. The van der Waals surface area contributed by atoms with Gasteiger partial charge in [0.25, 0.3) is 0 Å². The molecule has 1 aliphatic rings. The van der Waals surface area contributed by atoms with E-state index in [-0.39, 0.29) is 6.10 Å². The van der Waals surface area contributed by atoms with Crippen molar-refractivity contribution in [3.63, 3.8) is 0 Å². The highest BCUT2D eigenvalue weighted by Crippen LogP contribution is 2.27. The molecular formula is C18H25N3O5. The monoisotopic (exact) mass is 363 g/mol. The molecule has 1 aromatic carbocycles. The normalized spacial score (nSPS) is 16.5. The fourth-order valence-electron chi connectivity index (χ4n) is 2.46. The van der Waals surface area contributed by atoms with E-state index in [4.69, 9.17) is 14.2 Å². The van der Waals surface area contributed by atoms with Gasteiger partial charge in [-0.15, -0.1) is 0 Å². The van der Waals surface area contributed by atoms with Crippen LogP contribution in [0.1, 0.15) is 32.3 Å². The number of carbonyl (C=O) groups is 2. The van der Waals surface area contributed by atoms with Crippen LogP contribution in [0, 0.1) is 0 Å². The minimum Gasteiger partial charge on any atom is -0.490 e. The van der Waals surface area contributed by atoms with Crippen molar-refractivity contribution in [3.05, 3.63) is 23.8 Å². The maximum absolute atomic E-state index is 11.7. The van der Waals surface area contributed by atoms with E-state index in [1.807, 2.05) is 13.8 Å². The highest BCUT2D eigenvalue weighted by atomic mass is 16.5. The average molecular weight is 363 g/mol. The lowest BCUT2D eigenvalue weighted by molar-refractivity contribution is -0.139. The number of amides is 2. The van der Waals surface area contributed by atoms with Gasteiger partial charge in [-0.1, -0.05) is 0 Å². The molecule has 0 radical (unpaired) electrons. The molecule has 142 valence electrons. The minimum absolute atomic E-state index is 0.0175. The van der Waals surface area contributed by atoms with Crippen LogP contribution in [0.2, 0.25) is 0 Å². The number of hydrogen-bond donors (Lipinski definition) is 2. The SMILES string of the molecule is CCOc1ccc(/C=N\NC(=O)C(=O)NC[C@@H]2CCCO2)cc1OCC. The molecule has 1 fully saturated rings. The van der Waals surface area contributed by atoms with Crippen molar-refractivity contribution >= 4 is 18.0 Å². The van der Waals surface area contributed by atoms with Gasteiger partial charge in [-0.05, 0) is 50.5 Å². The molecule has 0 saturated carbocycles. The number of rotatable bonds is 8. The second-order valence-corrected chi connectivity index (χ2v) is 5.62. The average Bonchev–Trinajstić information content (AvgIpc) is 3.15. The van der Waals surface area contributed by atoms with E-state index in [9.17, 15) is 9.59 Å². The quantitative estimate of drug-likeness (QED) is 0.411. The molecule has 0 aromatic heterocycles. The zero-order chi connectivity index (χ0) is 18.8. The molecule has 8 heteroatoms. The Labute approximate surface area is 152 Å². The van der Waals surface area contributed by atoms with Crippen LogP contribution >= 0.6 is 0 Å². The number of carbonyl (C=O) groups excluding carboxylic acids is 2. The summed E-state index contributed by atoms with van der Waals surface area (Å²) < 4.78 is 16.4. The van der Waals surface area contributed by atoms with Crippen LogP contribution in [0.5, 0.6) is 11.5 Å². The summed E-state index contributed by atoms with van der Waals surface area (Å²) in [5.74, 6) is -0.322. The van der Waals surface area contributed by atoms with Gasteiger partial charge >= 0.3 is 11.8 Å². The van der Waals surface area contributed by atoms with Gasteiger partial charge in [-0.3, -0.25) is 9.59 Å². The molecule has 2 rings (SSSR count). The predicted molar refractivity (Wildman–Crippen MR) is 96.5 cm³/mol. The standard InChI is InChI=1S/C18H25N3O5/c1-3-24-15-8-7-13(10-16(15)25-4-2)11-20-21-18(23)17(22)19-12-14-6-5-9-26-14/h7-8,10-11,14H,3-6,9,12H2,1-2H3,(H,19,22)(H,21,23)/b20-11-/t14-/m0/s1. The third-order valence-electron chi connectivity index (χ3n) is 3.67. The minimum atomic E-state index is -0.824. The Morgan fingerprint density at radius 3 is 2.69 bits per heavy atom. The molecular weight excluding hydrogens is 338 g/mol. The van der Waals surface area contributed by atoms with E-state index in [0.29, 0.717) is 43.4 Å². The fourth-order valence-corrected chi connectivity index (χ4v) is 2.46. The maximum atomic E-state index is 11.7. The molecule has 1 aromatic rings. The first kappa shape index (κ1) is 19.7. The van der Waals surface area contributed by atoms with Gasteiger partial charge in [0.05, 0.1) is 25.5 Å². The predicted octanol–water partition coefficient (Wildman–Crippen LogP) is 1.23. The van der Waals surface area contributed by atoms with Crippen molar-refractivity contribution in [2.45, 2.75) is 32.8 Å². The lowest BCUT2D eigenvalue weighted by Gasteiger charge is -2.11. The zero-order valence-corrected chi connectivity index (χ0v) is 15.1. The lowest BCUT2D eigenvalue weighted by Crippen LogP contribution is -2.41. The number of ether oxygens (including phenoxy) is 3. The second-order valence-electron chi connectivity index (χ2n) is 5.62. The van der Waals surface area contributed by atoms with Crippen LogP contribution in [0.25, 0.3) is 0 Å². The Kier molecular flexibility index (Phi) is 7.88. The van der Waals surface area contributed by atoms with Gasteiger partial charge < -0.3 is 19.5 Å². The van der Waals surface area contributed by atoms with Crippen LogP contribution in [0.3, 0.4) is 0 Å². The molecule has 8 nitrogen and oxygen atoms in total. The van der Waals surface area contributed by atoms with Gasteiger partial charge in [-0.2, -0.15) is 5.10 Å². The Balaban J connectivity index is 1.85. The van der Waals surface area contributed by atoms with E-state index in [1.165, 1.54) is 6.21 Å². The van der Waals surface area contributed by atoms with E-state index in [0.717, 1.165) is 12.8 Å². The smallest absolute Gasteiger partial charge is 0.329 e. The number of nitrogens with zero attached hydrogens (tertiary/aromatic N) is 1. The van der Waals surface area contributed by atoms with Crippen molar-refractivity contribution in [1.29, 1.82) is 0 Å². The molecule has 1 heterocycles. The Hall–Kier alpha value is -2.61. The first-order valence-corrected chi connectivity index (χ1v) is 8.76.